The predicted octanol–water partition coefficient (Wildman–Crippen LogP) is 2.46. The SMILES string of the molecule is [2H]c1c([2H])c(OC([2H])([2H])C(=O)O)c(Cl)c([2H])c1Cl. The van der Waals surface area contributed by atoms with Crippen LogP contribution < -0.4 is 4.74 Å². The third-order valence-corrected chi connectivity index (χ3v) is 1.40. The van der Waals surface area contributed by atoms with Crippen molar-refractivity contribution in [1.82, 2.24) is 0 Å². The van der Waals surface area contributed by atoms with Gasteiger partial charge in [0.15, 0.2) is 6.56 Å². The van der Waals surface area contributed by atoms with Gasteiger partial charge in [0.05, 0.1) is 11.9 Å². The number of ether oxygens (including phenoxy) is 1. The summed E-state index contributed by atoms with van der Waals surface area (Å²) in [5, 5.41) is 7.64. The maximum absolute atomic E-state index is 10.6. The summed E-state index contributed by atoms with van der Waals surface area (Å²) in [5.41, 5.74) is 0. The van der Waals surface area contributed by atoms with Crippen molar-refractivity contribution in [3.05, 3.63) is 28.2 Å². The van der Waals surface area contributed by atoms with E-state index < -0.39 is 46.5 Å². The molecule has 0 atom stereocenters. The molecule has 1 N–H and O–H groups in total. The topological polar surface area (TPSA) is 46.5 Å². The predicted molar refractivity (Wildman–Crippen MR) is 49.6 cm³/mol. The molecule has 0 saturated carbocycles. The molecule has 0 heterocycles. The lowest BCUT2D eigenvalue weighted by Crippen LogP contribution is -2.09. The summed E-state index contributed by atoms with van der Waals surface area (Å²) in [5.74, 6) is -2.63. The fraction of sp³-hybridized carbons (Fsp3) is 0.125. The Morgan fingerprint density at radius 2 is 2.38 bits per heavy atom. The van der Waals surface area contributed by atoms with Crippen molar-refractivity contribution in [1.29, 1.82) is 0 Å². The summed E-state index contributed by atoms with van der Waals surface area (Å²) in [6.45, 7) is -3.13. The van der Waals surface area contributed by atoms with Crippen molar-refractivity contribution in [2.75, 3.05) is 6.56 Å². The zero-order valence-electron chi connectivity index (χ0n) is 11.0. The quantitative estimate of drug-likeness (QED) is 0.860. The van der Waals surface area contributed by atoms with E-state index in [-0.39, 0.29) is 0 Å². The second-order valence-electron chi connectivity index (χ2n) is 1.84. The largest absolute Gasteiger partial charge is 0.480 e. The monoisotopic (exact) mass is 225 g/mol. The Morgan fingerprint density at radius 1 is 1.69 bits per heavy atom. The molecule has 70 valence electrons. The summed E-state index contributed by atoms with van der Waals surface area (Å²) in [4.78, 5) is 10.6. The van der Waals surface area contributed by atoms with E-state index in [1.165, 1.54) is 0 Å². The first-order chi connectivity index (χ1) is 8.09. The number of hydrogen-bond acceptors (Lipinski definition) is 2. The van der Waals surface area contributed by atoms with Crippen molar-refractivity contribution < 1.29 is 21.5 Å². The number of rotatable bonds is 3. The first-order valence-corrected chi connectivity index (χ1v) is 3.72. The van der Waals surface area contributed by atoms with E-state index in [1.54, 1.807) is 0 Å². The second kappa shape index (κ2) is 4.35. The van der Waals surface area contributed by atoms with Gasteiger partial charge in [-0.1, -0.05) is 23.2 Å². The Bertz CT molecular complexity index is 491. The van der Waals surface area contributed by atoms with Crippen LogP contribution >= 0.6 is 23.2 Å². The molecule has 0 aliphatic carbocycles. The molecule has 0 saturated heterocycles. The fourth-order valence-corrected chi connectivity index (χ4v) is 0.886. The molecule has 1 aromatic rings. The van der Waals surface area contributed by atoms with Crippen molar-refractivity contribution >= 4 is 29.2 Å². The van der Waals surface area contributed by atoms with Crippen LogP contribution in [0.4, 0.5) is 0 Å². The van der Waals surface area contributed by atoms with Crippen LogP contribution in [0.5, 0.6) is 5.75 Å². The highest BCUT2D eigenvalue weighted by atomic mass is 35.5. The van der Waals surface area contributed by atoms with E-state index in [0.29, 0.717) is 0 Å². The van der Waals surface area contributed by atoms with Gasteiger partial charge in [0.2, 0.25) is 0 Å². The first kappa shape index (κ1) is 5.08. The molecule has 0 aliphatic rings. The number of carbonyl (C=O) groups is 1. The fourth-order valence-electron chi connectivity index (χ4n) is 0.516. The molecule has 0 bridgehead atoms. The number of benzene rings is 1. The molecule has 0 amide bonds. The Balaban J connectivity index is 3.39. The Hall–Kier alpha value is -0.930. The van der Waals surface area contributed by atoms with Gasteiger partial charge in [-0.3, -0.25) is 0 Å². The minimum atomic E-state index is -3.13. The maximum Gasteiger partial charge on any atom is 0.341 e. The molecule has 3 nitrogen and oxygen atoms in total. The molecule has 0 aromatic heterocycles. The number of aliphatic carboxylic acids is 1. The lowest BCUT2D eigenvalue weighted by Gasteiger charge is -2.04. The number of halogens is 2. The van der Waals surface area contributed by atoms with Crippen LogP contribution in [0.15, 0.2) is 18.1 Å². The van der Waals surface area contributed by atoms with Crippen LogP contribution in [0.3, 0.4) is 0 Å². The van der Waals surface area contributed by atoms with Gasteiger partial charge in [0.1, 0.15) is 5.75 Å². The van der Waals surface area contributed by atoms with Gasteiger partial charge in [-0.15, -0.1) is 0 Å². The molecule has 0 unspecified atom stereocenters. The van der Waals surface area contributed by atoms with Crippen LogP contribution in [0, 0.1) is 0 Å². The van der Waals surface area contributed by atoms with Crippen molar-refractivity contribution in [2.24, 2.45) is 0 Å². The van der Waals surface area contributed by atoms with Gasteiger partial charge in [-0.2, -0.15) is 0 Å². The molecule has 13 heavy (non-hydrogen) atoms. The van der Waals surface area contributed by atoms with Crippen LogP contribution in [-0.2, 0) is 4.79 Å². The Morgan fingerprint density at radius 3 is 3.00 bits per heavy atom. The average molecular weight is 226 g/mol. The standard InChI is InChI=1S/C8H6Cl2O3/c9-5-1-2-7(6(10)3-5)13-4-8(11)12/h1-3H,4H2,(H,11,12)/i1D,2D,3D,4D2. The van der Waals surface area contributed by atoms with Crippen LogP contribution in [0.2, 0.25) is 10.0 Å². The highest BCUT2D eigenvalue weighted by Crippen LogP contribution is 2.27. The van der Waals surface area contributed by atoms with Crippen LogP contribution in [0.25, 0.3) is 0 Å². The molecule has 1 aromatic carbocycles. The highest BCUT2D eigenvalue weighted by molar-refractivity contribution is 6.35. The molecule has 5 heteroatoms. The minimum Gasteiger partial charge on any atom is -0.480 e. The van der Waals surface area contributed by atoms with Crippen LogP contribution in [-0.4, -0.2) is 17.6 Å². The molecular formula is C8H6Cl2O3. The van der Waals surface area contributed by atoms with E-state index in [4.69, 9.17) is 35.2 Å². The van der Waals surface area contributed by atoms with E-state index in [1.807, 2.05) is 0 Å². The third kappa shape index (κ3) is 3.13. The number of carboxylic acid groups (broad SMARTS) is 1. The van der Waals surface area contributed by atoms with E-state index in [2.05, 4.69) is 4.74 Å². The minimum absolute atomic E-state index is 0.395. The molecular weight excluding hydrogens is 215 g/mol. The second-order valence-corrected chi connectivity index (χ2v) is 2.60. The molecule has 0 radical (unpaired) electrons. The van der Waals surface area contributed by atoms with Gasteiger partial charge >= 0.3 is 5.97 Å². The zero-order valence-corrected chi connectivity index (χ0v) is 7.53. The molecule has 1 rings (SSSR count). The zero-order chi connectivity index (χ0) is 14.2. The lowest BCUT2D eigenvalue weighted by molar-refractivity contribution is -0.139. The van der Waals surface area contributed by atoms with Gasteiger partial charge < -0.3 is 9.84 Å². The van der Waals surface area contributed by atoms with Gasteiger partial charge in [-0.25, -0.2) is 4.79 Å². The highest BCUT2D eigenvalue weighted by Gasteiger charge is 2.04. The summed E-state index contributed by atoms with van der Waals surface area (Å²) >= 11 is 11.2. The Labute approximate surface area is 91.9 Å². The van der Waals surface area contributed by atoms with E-state index >= 15 is 0 Å². The molecule has 0 spiro atoms. The van der Waals surface area contributed by atoms with Crippen LogP contribution in [0.1, 0.15) is 6.85 Å². The Kier molecular flexibility index (Phi) is 1.70. The third-order valence-electron chi connectivity index (χ3n) is 0.945. The van der Waals surface area contributed by atoms with E-state index in [0.717, 1.165) is 0 Å². The van der Waals surface area contributed by atoms with Crippen molar-refractivity contribution in [3.8, 4) is 5.75 Å². The molecule has 0 fully saturated rings. The summed E-state index contributed by atoms with van der Waals surface area (Å²) < 4.78 is 40.8. The number of hydrogen-bond donors (Lipinski definition) is 1. The maximum atomic E-state index is 10.6. The van der Waals surface area contributed by atoms with E-state index in [9.17, 15) is 4.79 Å². The summed E-state index contributed by atoms with van der Waals surface area (Å²) in [6.07, 6.45) is 0. The van der Waals surface area contributed by atoms with Crippen molar-refractivity contribution in [2.45, 2.75) is 0 Å². The first-order valence-electron chi connectivity index (χ1n) is 5.46. The smallest absolute Gasteiger partial charge is 0.341 e. The molecule has 0 aliphatic heterocycles. The lowest BCUT2D eigenvalue weighted by atomic mass is 10.3. The van der Waals surface area contributed by atoms with Gasteiger partial charge in [0, 0.05) is 5.02 Å². The normalized spacial score (nSPS) is 16.3. The summed E-state index contributed by atoms with van der Waals surface area (Å²) in [6, 6.07) is -1.82. The van der Waals surface area contributed by atoms with Gasteiger partial charge in [0.25, 0.3) is 0 Å². The summed E-state index contributed by atoms with van der Waals surface area (Å²) in [7, 11) is 0. The average Bonchev–Trinajstić information content (AvgIpc) is 2.29. The van der Waals surface area contributed by atoms with Gasteiger partial charge in [-0.05, 0) is 18.1 Å². The van der Waals surface area contributed by atoms with Crippen molar-refractivity contribution in [3.63, 3.8) is 0 Å². The number of carboxylic acids is 1.